The number of Topliss-reactive ketones (excluding diaryl/α,β-unsaturated/α-hetero) is 1. The van der Waals surface area contributed by atoms with Crippen LogP contribution in [0.25, 0.3) is 11.0 Å². The molecule has 32 heavy (non-hydrogen) atoms. The lowest BCUT2D eigenvalue weighted by Gasteiger charge is -2.30. The van der Waals surface area contributed by atoms with E-state index in [0.29, 0.717) is 28.1 Å². The number of aryl methyl sites for hydroxylation is 1. The molecule has 7 heteroatoms. The Balaban J connectivity index is 2.03. The average molecular weight is 433 g/mol. The minimum atomic E-state index is -1.20. The number of carboxylic acids is 1. The first kappa shape index (κ1) is 21.2. The summed E-state index contributed by atoms with van der Waals surface area (Å²) in [4.78, 5) is 38.4. The van der Waals surface area contributed by atoms with Crippen LogP contribution in [0.15, 0.2) is 80.3 Å². The summed E-state index contributed by atoms with van der Waals surface area (Å²) in [7, 11) is 0. The van der Waals surface area contributed by atoms with Crippen LogP contribution < -0.4 is 10.7 Å². The van der Waals surface area contributed by atoms with Gasteiger partial charge < -0.3 is 14.8 Å². The Morgan fingerprint density at radius 3 is 2.31 bits per heavy atom. The molecule has 1 aliphatic heterocycles. The third kappa shape index (κ3) is 3.51. The van der Waals surface area contributed by atoms with Gasteiger partial charge in [-0.15, -0.1) is 0 Å². The molecule has 2 heterocycles. The number of hydrogen-bond acceptors (Lipinski definition) is 5. The molecule has 1 unspecified atom stereocenters. The second-order valence-electron chi connectivity index (χ2n) is 7.72. The number of carbonyl (C=O) groups is 2. The number of aliphatic carboxylic acids is 1. The zero-order chi connectivity index (χ0) is 23.2. The number of rotatable bonds is 4. The molecule has 0 radical (unpaired) electrons. The molecule has 1 aromatic heterocycles. The Morgan fingerprint density at radius 2 is 1.66 bits per heavy atom. The monoisotopic (exact) mass is 433 g/mol. The number of halogens is 1. The van der Waals surface area contributed by atoms with Crippen molar-refractivity contribution in [2.75, 3.05) is 0 Å². The lowest BCUT2D eigenvalue weighted by Crippen LogP contribution is -2.31. The maximum atomic E-state index is 13.5. The van der Waals surface area contributed by atoms with Crippen molar-refractivity contribution >= 4 is 22.7 Å². The minimum Gasteiger partial charge on any atom is -0.478 e. The molecule has 0 fully saturated rings. The number of carboxylic acid groups (broad SMARTS) is 1. The summed E-state index contributed by atoms with van der Waals surface area (Å²) in [6.45, 7) is 4.93. The highest BCUT2D eigenvalue weighted by molar-refractivity contribution is 6.12. The molecule has 2 N–H and O–H groups in total. The first-order valence-corrected chi connectivity index (χ1v) is 9.94. The molecular formula is C25H20FNO5. The number of hydrogen-bond donors (Lipinski definition) is 2. The van der Waals surface area contributed by atoms with Gasteiger partial charge in [-0.05, 0) is 51.1 Å². The molecule has 1 aliphatic rings. The topological polar surface area (TPSA) is 96.6 Å². The second-order valence-corrected chi connectivity index (χ2v) is 7.72. The number of fused-ring (bicyclic) bond motifs is 1. The summed E-state index contributed by atoms with van der Waals surface area (Å²) in [5.41, 5.74) is 1.59. The van der Waals surface area contributed by atoms with Gasteiger partial charge in [0.15, 0.2) is 11.2 Å². The lowest BCUT2D eigenvalue weighted by molar-refractivity contribution is -0.133. The van der Waals surface area contributed by atoms with E-state index >= 15 is 0 Å². The third-order valence-corrected chi connectivity index (χ3v) is 5.56. The van der Waals surface area contributed by atoms with E-state index in [-0.39, 0.29) is 27.7 Å². The Bertz CT molecular complexity index is 1400. The molecule has 0 bridgehead atoms. The Morgan fingerprint density at radius 1 is 1.00 bits per heavy atom. The van der Waals surface area contributed by atoms with E-state index < -0.39 is 23.5 Å². The van der Waals surface area contributed by atoms with Crippen LogP contribution in [0.5, 0.6) is 0 Å². The van der Waals surface area contributed by atoms with Crippen molar-refractivity contribution in [1.82, 2.24) is 5.32 Å². The van der Waals surface area contributed by atoms with Crippen LogP contribution in [0.2, 0.25) is 0 Å². The van der Waals surface area contributed by atoms with Crippen LogP contribution in [-0.2, 0) is 4.79 Å². The Hall–Kier alpha value is -4.00. The van der Waals surface area contributed by atoms with Gasteiger partial charge in [0.2, 0.25) is 0 Å². The zero-order valence-corrected chi connectivity index (χ0v) is 17.7. The van der Waals surface area contributed by atoms with Crippen molar-refractivity contribution in [1.29, 1.82) is 0 Å². The van der Waals surface area contributed by atoms with Crippen molar-refractivity contribution in [2.24, 2.45) is 0 Å². The number of allylic oxidation sites excluding steroid dienone is 3. The van der Waals surface area contributed by atoms with Crippen molar-refractivity contribution in [3.63, 3.8) is 0 Å². The third-order valence-electron chi connectivity index (χ3n) is 5.56. The van der Waals surface area contributed by atoms with Gasteiger partial charge in [0.25, 0.3) is 0 Å². The van der Waals surface area contributed by atoms with Gasteiger partial charge in [0.05, 0.1) is 16.9 Å². The first-order chi connectivity index (χ1) is 15.2. The molecular weight excluding hydrogens is 413 g/mol. The van der Waals surface area contributed by atoms with Crippen LogP contribution >= 0.6 is 0 Å². The Labute approximate surface area is 182 Å². The SMILES string of the molecule is CC1=C(C(=O)O)C(c2cccc3c(=O)cc(C)oc23)C(C(=O)c2ccc(F)cc2)=C(C)N1. The molecule has 1 atom stereocenters. The predicted molar refractivity (Wildman–Crippen MR) is 117 cm³/mol. The fraction of sp³-hybridized carbons (Fsp3) is 0.160. The van der Waals surface area contributed by atoms with Crippen LogP contribution in [0.3, 0.4) is 0 Å². The average Bonchev–Trinajstić information content (AvgIpc) is 2.72. The van der Waals surface area contributed by atoms with Gasteiger partial charge in [-0.2, -0.15) is 0 Å². The summed E-state index contributed by atoms with van der Waals surface area (Å²) in [6.07, 6.45) is 0. The second kappa shape index (κ2) is 7.92. The summed E-state index contributed by atoms with van der Waals surface area (Å²) in [6, 6.07) is 11.3. The summed E-state index contributed by atoms with van der Waals surface area (Å²) >= 11 is 0. The Kier molecular flexibility index (Phi) is 5.26. The van der Waals surface area contributed by atoms with Crippen molar-refractivity contribution in [3.8, 4) is 0 Å². The number of nitrogens with one attached hydrogen (secondary N) is 1. The predicted octanol–water partition coefficient (Wildman–Crippen LogP) is 4.44. The van der Waals surface area contributed by atoms with E-state index in [0.717, 1.165) is 0 Å². The van der Waals surface area contributed by atoms with Crippen LogP contribution in [0, 0.1) is 12.7 Å². The van der Waals surface area contributed by atoms with E-state index in [1.165, 1.54) is 30.3 Å². The fourth-order valence-corrected chi connectivity index (χ4v) is 4.19. The van der Waals surface area contributed by atoms with E-state index in [4.69, 9.17) is 4.42 Å². The fourth-order valence-electron chi connectivity index (χ4n) is 4.19. The van der Waals surface area contributed by atoms with Crippen molar-refractivity contribution in [3.05, 3.63) is 104 Å². The molecule has 162 valence electrons. The molecule has 0 saturated heterocycles. The van der Waals surface area contributed by atoms with Crippen molar-refractivity contribution < 1.29 is 23.5 Å². The largest absolute Gasteiger partial charge is 0.478 e. The highest BCUT2D eigenvalue weighted by Gasteiger charge is 2.38. The molecule has 0 aliphatic carbocycles. The van der Waals surface area contributed by atoms with Crippen LogP contribution in [-0.4, -0.2) is 16.9 Å². The lowest BCUT2D eigenvalue weighted by atomic mass is 9.77. The summed E-state index contributed by atoms with van der Waals surface area (Å²) in [5.74, 6) is -2.77. The molecule has 0 spiro atoms. The minimum absolute atomic E-state index is 0.0299. The molecule has 0 amide bonds. The van der Waals surface area contributed by atoms with Gasteiger partial charge in [0.1, 0.15) is 17.2 Å². The standard InChI is InChI=1S/C25H20FNO5/c1-12-11-19(28)17-5-4-6-18(24(17)32-12)22-20(13(2)27-14(3)21(22)25(30)31)23(29)15-7-9-16(26)10-8-15/h4-11,22,27H,1-3H3,(H,30,31). The van der Waals surface area contributed by atoms with Crippen LogP contribution in [0.4, 0.5) is 4.39 Å². The van der Waals surface area contributed by atoms with Crippen LogP contribution in [0.1, 0.15) is 41.4 Å². The molecule has 2 aromatic carbocycles. The first-order valence-electron chi connectivity index (χ1n) is 9.94. The van der Waals surface area contributed by atoms with Gasteiger partial charge >= 0.3 is 5.97 Å². The van der Waals surface area contributed by atoms with E-state index in [1.54, 1.807) is 39.0 Å². The van der Waals surface area contributed by atoms with E-state index in [1.807, 2.05) is 0 Å². The van der Waals surface area contributed by atoms with Gasteiger partial charge in [-0.3, -0.25) is 9.59 Å². The maximum Gasteiger partial charge on any atom is 0.334 e. The normalized spacial score (nSPS) is 16.3. The quantitative estimate of drug-likeness (QED) is 0.591. The van der Waals surface area contributed by atoms with Gasteiger partial charge in [-0.1, -0.05) is 12.1 Å². The highest BCUT2D eigenvalue weighted by Crippen LogP contribution is 2.42. The number of benzene rings is 2. The molecule has 0 saturated carbocycles. The van der Waals surface area contributed by atoms with E-state index in [9.17, 15) is 23.9 Å². The van der Waals surface area contributed by atoms with E-state index in [2.05, 4.69) is 5.32 Å². The molecule has 6 nitrogen and oxygen atoms in total. The number of ketones is 1. The zero-order valence-electron chi connectivity index (χ0n) is 17.7. The molecule has 3 aromatic rings. The number of dihydropyridines is 1. The van der Waals surface area contributed by atoms with Gasteiger partial charge in [-0.25, -0.2) is 9.18 Å². The highest BCUT2D eigenvalue weighted by atomic mass is 19.1. The van der Waals surface area contributed by atoms with Crippen molar-refractivity contribution in [2.45, 2.75) is 26.7 Å². The molecule has 4 rings (SSSR count). The number of para-hydroxylation sites is 1. The number of carbonyl (C=O) groups excluding carboxylic acids is 1. The summed E-state index contributed by atoms with van der Waals surface area (Å²) < 4.78 is 19.3. The maximum absolute atomic E-state index is 13.5. The smallest absolute Gasteiger partial charge is 0.334 e. The summed E-state index contributed by atoms with van der Waals surface area (Å²) in [5, 5.41) is 13.3. The van der Waals surface area contributed by atoms with Gasteiger partial charge in [0, 0.05) is 34.2 Å².